The summed E-state index contributed by atoms with van der Waals surface area (Å²) in [6, 6.07) is 7.75. The molecule has 0 bridgehead atoms. The van der Waals surface area contributed by atoms with Crippen LogP contribution in [0.25, 0.3) is 12.2 Å². The number of furan rings is 1. The Bertz CT molecular complexity index is 307. The Kier molecular flexibility index (Phi) is 1.82. The standard InChI is InChI=1S/C10H9NO/c1-3-9(11-7-1)5-6-10-4-2-8-12-10/h1-8,11H/b6-5+. The first kappa shape index (κ1) is 6.98. The van der Waals surface area contributed by atoms with Crippen LogP contribution in [0.15, 0.2) is 41.1 Å². The van der Waals surface area contributed by atoms with Crippen molar-refractivity contribution in [2.75, 3.05) is 0 Å². The van der Waals surface area contributed by atoms with Gasteiger partial charge in [-0.25, -0.2) is 0 Å². The summed E-state index contributed by atoms with van der Waals surface area (Å²) in [6.45, 7) is 0. The van der Waals surface area contributed by atoms with Crippen molar-refractivity contribution in [3.8, 4) is 0 Å². The monoisotopic (exact) mass is 159 g/mol. The van der Waals surface area contributed by atoms with Crippen LogP contribution in [0.2, 0.25) is 0 Å². The van der Waals surface area contributed by atoms with Gasteiger partial charge in [-0.05, 0) is 36.4 Å². The van der Waals surface area contributed by atoms with Gasteiger partial charge in [-0.1, -0.05) is 0 Å². The van der Waals surface area contributed by atoms with Crippen molar-refractivity contribution in [2.45, 2.75) is 0 Å². The molecule has 0 spiro atoms. The molecule has 1 N–H and O–H groups in total. The number of hydrogen-bond acceptors (Lipinski definition) is 1. The summed E-state index contributed by atoms with van der Waals surface area (Å²) in [4.78, 5) is 3.07. The Morgan fingerprint density at radius 2 is 2.17 bits per heavy atom. The summed E-state index contributed by atoms with van der Waals surface area (Å²) in [5.74, 6) is 0.865. The summed E-state index contributed by atoms with van der Waals surface area (Å²) in [7, 11) is 0. The quantitative estimate of drug-likeness (QED) is 0.717. The molecule has 2 nitrogen and oxygen atoms in total. The Morgan fingerprint density at radius 3 is 2.83 bits per heavy atom. The second-order valence-corrected chi connectivity index (χ2v) is 2.47. The molecule has 0 fully saturated rings. The molecule has 2 heteroatoms. The van der Waals surface area contributed by atoms with Crippen molar-refractivity contribution in [3.63, 3.8) is 0 Å². The first-order valence-electron chi connectivity index (χ1n) is 3.80. The summed E-state index contributed by atoms with van der Waals surface area (Å²) in [5, 5.41) is 0. The number of aromatic amines is 1. The molecule has 0 aliphatic heterocycles. The molecule has 2 aromatic rings. The largest absolute Gasteiger partial charge is 0.465 e. The summed E-state index contributed by atoms with van der Waals surface area (Å²) in [6.07, 6.45) is 7.45. The summed E-state index contributed by atoms with van der Waals surface area (Å²) >= 11 is 0. The van der Waals surface area contributed by atoms with Crippen molar-refractivity contribution >= 4 is 12.2 Å². The SMILES string of the molecule is C(=C\c1ccco1)/c1ccc[nH]1. The van der Waals surface area contributed by atoms with E-state index in [1.165, 1.54) is 0 Å². The molecule has 2 heterocycles. The highest BCUT2D eigenvalue weighted by atomic mass is 16.3. The van der Waals surface area contributed by atoms with E-state index in [1.807, 2.05) is 42.6 Å². The molecule has 60 valence electrons. The zero-order valence-electron chi connectivity index (χ0n) is 6.53. The number of nitrogens with one attached hydrogen (secondary N) is 1. The fraction of sp³-hybridized carbons (Fsp3) is 0. The minimum absolute atomic E-state index is 0.865. The van der Waals surface area contributed by atoms with Gasteiger partial charge < -0.3 is 9.40 Å². The van der Waals surface area contributed by atoms with Gasteiger partial charge in [-0.15, -0.1) is 0 Å². The highest BCUT2D eigenvalue weighted by molar-refractivity contribution is 5.65. The Hall–Kier alpha value is -1.70. The normalized spacial score (nSPS) is 11.0. The fourth-order valence-electron chi connectivity index (χ4n) is 1.01. The van der Waals surface area contributed by atoms with Crippen LogP contribution >= 0.6 is 0 Å². The van der Waals surface area contributed by atoms with E-state index in [0.29, 0.717) is 0 Å². The van der Waals surface area contributed by atoms with E-state index in [1.54, 1.807) is 6.26 Å². The molecule has 0 radical (unpaired) electrons. The maximum atomic E-state index is 5.13. The van der Waals surface area contributed by atoms with Gasteiger partial charge in [0.2, 0.25) is 0 Å². The number of aromatic nitrogens is 1. The van der Waals surface area contributed by atoms with Gasteiger partial charge in [-0.2, -0.15) is 0 Å². The minimum atomic E-state index is 0.865. The third-order valence-electron chi connectivity index (χ3n) is 1.59. The van der Waals surface area contributed by atoms with Crippen molar-refractivity contribution in [2.24, 2.45) is 0 Å². The zero-order valence-corrected chi connectivity index (χ0v) is 6.53. The lowest BCUT2D eigenvalue weighted by Gasteiger charge is -1.83. The van der Waals surface area contributed by atoms with Gasteiger partial charge >= 0.3 is 0 Å². The molecule has 0 aliphatic carbocycles. The lowest BCUT2D eigenvalue weighted by Crippen LogP contribution is -1.66. The molecule has 12 heavy (non-hydrogen) atoms. The van der Waals surface area contributed by atoms with Gasteiger partial charge in [0, 0.05) is 11.9 Å². The molecule has 2 aromatic heterocycles. The molecule has 0 saturated carbocycles. The second-order valence-electron chi connectivity index (χ2n) is 2.47. The number of H-pyrrole nitrogens is 1. The molecule has 0 atom stereocenters. The van der Waals surface area contributed by atoms with Crippen LogP contribution in [-0.4, -0.2) is 4.98 Å². The molecule has 0 aliphatic rings. The van der Waals surface area contributed by atoms with Gasteiger partial charge in [0.25, 0.3) is 0 Å². The zero-order chi connectivity index (χ0) is 8.23. The van der Waals surface area contributed by atoms with Crippen molar-refractivity contribution in [1.29, 1.82) is 0 Å². The van der Waals surface area contributed by atoms with Crippen molar-refractivity contribution < 1.29 is 4.42 Å². The van der Waals surface area contributed by atoms with Crippen LogP contribution in [0.5, 0.6) is 0 Å². The van der Waals surface area contributed by atoms with Gasteiger partial charge in [-0.3, -0.25) is 0 Å². The fourth-order valence-corrected chi connectivity index (χ4v) is 1.01. The first-order chi connectivity index (χ1) is 5.95. The molecule has 2 rings (SSSR count). The van der Waals surface area contributed by atoms with Crippen LogP contribution in [0.1, 0.15) is 11.5 Å². The molecule has 0 unspecified atom stereocenters. The van der Waals surface area contributed by atoms with E-state index < -0.39 is 0 Å². The Balaban J connectivity index is 2.14. The van der Waals surface area contributed by atoms with Gasteiger partial charge in [0.15, 0.2) is 0 Å². The Morgan fingerprint density at radius 1 is 1.17 bits per heavy atom. The van der Waals surface area contributed by atoms with E-state index in [2.05, 4.69) is 4.98 Å². The van der Waals surface area contributed by atoms with E-state index in [9.17, 15) is 0 Å². The average molecular weight is 159 g/mol. The van der Waals surface area contributed by atoms with Crippen LogP contribution in [0.3, 0.4) is 0 Å². The third-order valence-corrected chi connectivity index (χ3v) is 1.59. The van der Waals surface area contributed by atoms with Crippen molar-refractivity contribution in [3.05, 3.63) is 48.2 Å². The lowest BCUT2D eigenvalue weighted by atomic mass is 10.3. The van der Waals surface area contributed by atoms with E-state index in [0.717, 1.165) is 11.5 Å². The molecular formula is C10H9NO. The minimum Gasteiger partial charge on any atom is -0.465 e. The van der Waals surface area contributed by atoms with Crippen LogP contribution in [0, 0.1) is 0 Å². The third kappa shape index (κ3) is 1.48. The summed E-state index contributed by atoms with van der Waals surface area (Å²) < 4.78 is 5.13. The molecule has 0 amide bonds. The molecular weight excluding hydrogens is 150 g/mol. The topological polar surface area (TPSA) is 28.9 Å². The number of rotatable bonds is 2. The first-order valence-corrected chi connectivity index (χ1v) is 3.80. The van der Waals surface area contributed by atoms with Crippen LogP contribution in [0.4, 0.5) is 0 Å². The number of hydrogen-bond donors (Lipinski definition) is 1. The highest BCUT2D eigenvalue weighted by Crippen LogP contribution is 2.06. The summed E-state index contributed by atoms with van der Waals surface area (Å²) in [5.41, 5.74) is 1.08. The van der Waals surface area contributed by atoms with Crippen LogP contribution in [-0.2, 0) is 0 Å². The predicted octanol–water partition coefficient (Wildman–Crippen LogP) is 2.78. The second kappa shape index (κ2) is 3.13. The van der Waals surface area contributed by atoms with E-state index >= 15 is 0 Å². The van der Waals surface area contributed by atoms with Gasteiger partial charge in [0.05, 0.1) is 6.26 Å². The Labute approximate surface area is 70.5 Å². The smallest absolute Gasteiger partial charge is 0.126 e. The van der Waals surface area contributed by atoms with Crippen LogP contribution < -0.4 is 0 Å². The predicted molar refractivity (Wildman–Crippen MR) is 48.4 cm³/mol. The molecule has 0 saturated heterocycles. The highest BCUT2D eigenvalue weighted by Gasteiger charge is 1.87. The maximum absolute atomic E-state index is 5.13. The van der Waals surface area contributed by atoms with Crippen molar-refractivity contribution in [1.82, 2.24) is 4.98 Å². The maximum Gasteiger partial charge on any atom is 0.126 e. The average Bonchev–Trinajstić information content (AvgIpc) is 2.74. The lowest BCUT2D eigenvalue weighted by molar-refractivity contribution is 0.557. The van der Waals surface area contributed by atoms with E-state index in [4.69, 9.17) is 4.42 Å². The molecule has 0 aromatic carbocycles. The van der Waals surface area contributed by atoms with Gasteiger partial charge in [0.1, 0.15) is 5.76 Å². The van der Waals surface area contributed by atoms with E-state index in [-0.39, 0.29) is 0 Å².